The summed E-state index contributed by atoms with van der Waals surface area (Å²) < 4.78 is 4.83. The highest BCUT2D eigenvalue weighted by Gasteiger charge is 2.17. The van der Waals surface area contributed by atoms with E-state index in [9.17, 15) is 4.79 Å². The standard InChI is InChI=1S/C4H8N2O2/c5-4(7)6-3-1-2-8-3/h3H,1-2H2,(H3,5,6,7). The normalized spacial score (nSPS) is 26.2. The highest BCUT2D eigenvalue weighted by molar-refractivity contribution is 5.71. The summed E-state index contributed by atoms with van der Waals surface area (Å²) in [6.45, 7) is 0.727. The summed E-state index contributed by atoms with van der Waals surface area (Å²) in [5.41, 5.74) is 4.77. The van der Waals surface area contributed by atoms with Crippen molar-refractivity contribution in [3.05, 3.63) is 0 Å². The van der Waals surface area contributed by atoms with E-state index in [4.69, 9.17) is 10.5 Å². The van der Waals surface area contributed by atoms with Crippen molar-refractivity contribution in [2.45, 2.75) is 12.6 Å². The van der Waals surface area contributed by atoms with Crippen LogP contribution in [-0.4, -0.2) is 18.9 Å². The van der Waals surface area contributed by atoms with Gasteiger partial charge in [-0.3, -0.25) is 0 Å². The number of hydrogen-bond acceptors (Lipinski definition) is 2. The van der Waals surface area contributed by atoms with Crippen molar-refractivity contribution in [1.29, 1.82) is 0 Å². The topological polar surface area (TPSA) is 64.4 Å². The molecule has 4 heteroatoms. The van der Waals surface area contributed by atoms with E-state index in [-0.39, 0.29) is 6.23 Å². The second-order valence-corrected chi connectivity index (χ2v) is 1.66. The minimum absolute atomic E-state index is 0.118. The molecule has 3 N–H and O–H groups in total. The van der Waals surface area contributed by atoms with Gasteiger partial charge in [-0.05, 0) is 0 Å². The van der Waals surface area contributed by atoms with Crippen LogP contribution in [0.2, 0.25) is 0 Å². The molecule has 1 heterocycles. The van der Waals surface area contributed by atoms with E-state index in [0.29, 0.717) is 0 Å². The number of carbonyl (C=O) groups is 1. The molecule has 1 fully saturated rings. The lowest BCUT2D eigenvalue weighted by atomic mass is 10.3. The first-order valence-electron chi connectivity index (χ1n) is 2.46. The molecule has 0 spiro atoms. The van der Waals surface area contributed by atoms with Gasteiger partial charge in [-0.15, -0.1) is 0 Å². The van der Waals surface area contributed by atoms with Crippen molar-refractivity contribution >= 4 is 6.03 Å². The van der Waals surface area contributed by atoms with Gasteiger partial charge in [-0.2, -0.15) is 0 Å². The summed E-state index contributed by atoms with van der Waals surface area (Å²) in [6.07, 6.45) is 0.760. The van der Waals surface area contributed by atoms with Gasteiger partial charge in [0.25, 0.3) is 0 Å². The van der Waals surface area contributed by atoms with Crippen molar-refractivity contribution in [1.82, 2.24) is 5.32 Å². The Bertz CT molecular complexity index is 100. The Hall–Kier alpha value is -0.770. The van der Waals surface area contributed by atoms with Crippen LogP contribution in [0.5, 0.6) is 0 Å². The Morgan fingerprint density at radius 3 is 2.62 bits per heavy atom. The Morgan fingerprint density at radius 2 is 2.50 bits per heavy atom. The molecule has 0 aliphatic carbocycles. The van der Waals surface area contributed by atoms with Crippen molar-refractivity contribution in [2.24, 2.45) is 5.73 Å². The fraction of sp³-hybridized carbons (Fsp3) is 0.750. The predicted octanol–water partition coefficient (Wildman–Crippen LogP) is -0.599. The third-order valence-corrected chi connectivity index (χ3v) is 1.00. The number of nitrogens with one attached hydrogen (secondary N) is 1. The van der Waals surface area contributed by atoms with Gasteiger partial charge in [0.1, 0.15) is 6.23 Å². The lowest BCUT2D eigenvalue weighted by Gasteiger charge is -2.25. The van der Waals surface area contributed by atoms with E-state index >= 15 is 0 Å². The fourth-order valence-corrected chi connectivity index (χ4v) is 0.508. The van der Waals surface area contributed by atoms with Crippen LogP contribution < -0.4 is 11.1 Å². The molecule has 1 aliphatic heterocycles. The Kier molecular flexibility index (Phi) is 1.34. The van der Waals surface area contributed by atoms with Crippen LogP contribution in [-0.2, 0) is 4.74 Å². The van der Waals surface area contributed by atoms with Gasteiger partial charge in [-0.25, -0.2) is 4.79 Å². The van der Waals surface area contributed by atoms with E-state index in [1.54, 1.807) is 0 Å². The molecule has 1 saturated heterocycles. The smallest absolute Gasteiger partial charge is 0.314 e. The highest BCUT2D eigenvalue weighted by Crippen LogP contribution is 2.05. The molecule has 0 saturated carbocycles. The number of amides is 2. The van der Waals surface area contributed by atoms with Crippen molar-refractivity contribution in [3.63, 3.8) is 0 Å². The van der Waals surface area contributed by atoms with Crippen molar-refractivity contribution in [2.75, 3.05) is 6.61 Å². The maximum Gasteiger partial charge on any atom is 0.314 e. The van der Waals surface area contributed by atoms with Gasteiger partial charge in [0.2, 0.25) is 0 Å². The number of hydrogen-bond donors (Lipinski definition) is 2. The molecule has 8 heavy (non-hydrogen) atoms. The molecular formula is C4H8N2O2. The monoisotopic (exact) mass is 116 g/mol. The van der Waals surface area contributed by atoms with Crippen LogP contribution in [0.25, 0.3) is 0 Å². The van der Waals surface area contributed by atoms with Crippen LogP contribution >= 0.6 is 0 Å². The van der Waals surface area contributed by atoms with E-state index in [1.807, 2.05) is 0 Å². The number of ether oxygens (including phenoxy) is 1. The Morgan fingerprint density at radius 1 is 1.88 bits per heavy atom. The SMILES string of the molecule is NC(=O)NC1CCO1. The molecular weight excluding hydrogens is 108 g/mol. The Balaban J connectivity index is 2.09. The van der Waals surface area contributed by atoms with Gasteiger partial charge >= 0.3 is 6.03 Å². The number of primary amides is 1. The summed E-state index contributed by atoms with van der Waals surface area (Å²) in [5, 5.41) is 2.40. The summed E-state index contributed by atoms with van der Waals surface area (Å²) in [4.78, 5) is 10.0. The van der Waals surface area contributed by atoms with Crippen molar-refractivity contribution in [3.8, 4) is 0 Å². The first-order chi connectivity index (χ1) is 3.79. The molecule has 46 valence electrons. The van der Waals surface area contributed by atoms with E-state index in [2.05, 4.69) is 5.32 Å². The van der Waals surface area contributed by atoms with Gasteiger partial charge in [-0.1, -0.05) is 0 Å². The van der Waals surface area contributed by atoms with Crippen LogP contribution in [0.3, 0.4) is 0 Å². The lowest BCUT2D eigenvalue weighted by Crippen LogP contribution is -2.46. The zero-order valence-electron chi connectivity index (χ0n) is 4.39. The van der Waals surface area contributed by atoms with E-state index in [0.717, 1.165) is 13.0 Å². The third-order valence-electron chi connectivity index (χ3n) is 1.00. The first-order valence-corrected chi connectivity index (χ1v) is 2.46. The maximum absolute atomic E-state index is 10.0. The second-order valence-electron chi connectivity index (χ2n) is 1.66. The minimum atomic E-state index is -0.519. The van der Waals surface area contributed by atoms with Gasteiger partial charge in [0.05, 0.1) is 6.61 Å². The quantitative estimate of drug-likeness (QED) is 0.480. The zero-order chi connectivity index (χ0) is 5.98. The van der Waals surface area contributed by atoms with E-state index in [1.165, 1.54) is 0 Å². The zero-order valence-corrected chi connectivity index (χ0v) is 4.39. The summed E-state index contributed by atoms with van der Waals surface area (Å²) >= 11 is 0. The van der Waals surface area contributed by atoms with Crippen LogP contribution in [0.4, 0.5) is 4.79 Å². The molecule has 0 bridgehead atoms. The van der Waals surface area contributed by atoms with Crippen LogP contribution in [0.15, 0.2) is 0 Å². The molecule has 2 amide bonds. The third kappa shape index (κ3) is 1.10. The molecule has 0 radical (unpaired) electrons. The fourth-order valence-electron chi connectivity index (χ4n) is 0.508. The highest BCUT2D eigenvalue weighted by atomic mass is 16.5. The van der Waals surface area contributed by atoms with Gasteiger partial charge in [0, 0.05) is 6.42 Å². The average Bonchev–Trinajstić information content (AvgIpc) is 1.55. The molecule has 0 aromatic rings. The molecule has 1 atom stereocenters. The first kappa shape index (κ1) is 5.37. The average molecular weight is 116 g/mol. The molecule has 0 aromatic heterocycles. The lowest BCUT2D eigenvalue weighted by molar-refractivity contribution is -0.0620. The van der Waals surface area contributed by atoms with E-state index < -0.39 is 6.03 Å². The Labute approximate surface area is 47.0 Å². The number of carbonyl (C=O) groups excluding carboxylic acids is 1. The van der Waals surface area contributed by atoms with Gasteiger partial charge in [0.15, 0.2) is 0 Å². The summed E-state index contributed by atoms with van der Waals surface area (Å²) in [6, 6.07) is -0.519. The molecule has 1 unspecified atom stereocenters. The second kappa shape index (κ2) is 2.00. The predicted molar refractivity (Wildman–Crippen MR) is 27.1 cm³/mol. The number of rotatable bonds is 1. The largest absolute Gasteiger partial charge is 0.358 e. The maximum atomic E-state index is 10.0. The molecule has 4 nitrogen and oxygen atoms in total. The van der Waals surface area contributed by atoms with Crippen molar-refractivity contribution < 1.29 is 9.53 Å². The molecule has 0 aromatic carbocycles. The van der Waals surface area contributed by atoms with Crippen LogP contribution in [0, 0.1) is 0 Å². The molecule has 1 rings (SSSR count). The summed E-state index contributed by atoms with van der Waals surface area (Å²) in [7, 11) is 0. The number of nitrogens with two attached hydrogens (primary N) is 1. The van der Waals surface area contributed by atoms with Gasteiger partial charge < -0.3 is 15.8 Å². The molecule has 1 aliphatic rings. The summed E-state index contributed by atoms with van der Waals surface area (Å²) in [5.74, 6) is 0. The van der Waals surface area contributed by atoms with Crippen LogP contribution in [0.1, 0.15) is 6.42 Å². The number of urea groups is 1. The minimum Gasteiger partial charge on any atom is -0.358 e.